The molecule has 0 radical (unpaired) electrons. The van der Waals surface area contributed by atoms with E-state index in [1.54, 1.807) is 24.3 Å². The van der Waals surface area contributed by atoms with Crippen LogP contribution < -0.4 is 10.1 Å². The van der Waals surface area contributed by atoms with Crippen LogP contribution >= 0.6 is 0 Å². The second-order valence-electron chi connectivity index (χ2n) is 5.41. The summed E-state index contributed by atoms with van der Waals surface area (Å²) in [4.78, 5) is 23.0. The first-order valence-electron chi connectivity index (χ1n) is 7.86. The molecule has 0 aromatic heterocycles. The maximum absolute atomic E-state index is 12.0. The Morgan fingerprint density at radius 1 is 1.26 bits per heavy atom. The normalized spacial score (nSPS) is 13.3. The van der Waals surface area contributed by atoms with Crippen LogP contribution in [0.4, 0.5) is 0 Å². The topological polar surface area (TPSA) is 95.9 Å². The molecular weight excluding hydrogens is 298 g/mol. The molecule has 0 fully saturated rings. The fourth-order valence-electron chi connectivity index (χ4n) is 2.02. The zero-order chi connectivity index (χ0) is 17.2. The number of aliphatic carboxylic acids is 1. The van der Waals surface area contributed by atoms with E-state index in [0.29, 0.717) is 12.2 Å². The summed E-state index contributed by atoms with van der Waals surface area (Å²) in [6, 6.07) is 5.84. The molecule has 0 aliphatic heterocycles. The number of ketones is 1. The van der Waals surface area contributed by atoms with Crippen molar-refractivity contribution in [3.63, 3.8) is 0 Å². The number of rotatable bonds is 11. The van der Waals surface area contributed by atoms with E-state index in [1.807, 2.05) is 0 Å². The van der Waals surface area contributed by atoms with Crippen LogP contribution in [0.15, 0.2) is 24.3 Å². The van der Waals surface area contributed by atoms with E-state index in [2.05, 4.69) is 12.2 Å². The van der Waals surface area contributed by atoms with E-state index in [9.17, 15) is 14.7 Å². The van der Waals surface area contributed by atoms with Gasteiger partial charge in [-0.15, -0.1) is 0 Å². The Hall–Kier alpha value is -1.92. The van der Waals surface area contributed by atoms with Crippen LogP contribution in [0.25, 0.3) is 0 Å². The van der Waals surface area contributed by atoms with Crippen molar-refractivity contribution in [1.29, 1.82) is 0 Å². The molecule has 6 heteroatoms. The Morgan fingerprint density at radius 2 is 1.91 bits per heavy atom. The highest BCUT2D eigenvalue weighted by Gasteiger charge is 2.22. The van der Waals surface area contributed by atoms with Gasteiger partial charge < -0.3 is 20.3 Å². The van der Waals surface area contributed by atoms with Crippen LogP contribution in [0.3, 0.4) is 0 Å². The van der Waals surface area contributed by atoms with Crippen molar-refractivity contribution in [2.75, 3.05) is 13.2 Å². The highest BCUT2D eigenvalue weighted by atomic mass is 16.5. The monoisotopic (exact) mass is 323 g/mol. The minimum atomic E-state index is -1.14. The van der Waals surface area contributed by atoms with Crippen molar-refractivity contribution in [3.8, 4) is 5.75 Å². The highest BCUT2D eigenvalue weighted by molar-refractivity contribution is 5.96. The standard InChI is InChI=1S/C17H25NO5/c1-3-4-11-23-14-7-5-13(6-8-14)15(20)9-10-18-16(12(2)19)17(21)22/h5-8,12,16,18-19H,3-4,9-11H2,1-2H3,(H,21,22)/t12-,16-/m0/s1. The van der Waals surface area contributed by atoms with Crippen LogP contribution in [-0.4, -0.2) is 47.3 Å². The van der Waals surface area contributed by atoms with Crippen LogP contribution in [-0.2, 0) is 4.79 Å². The Morgan fingerprint density at radius 3 is 2.43 bits per heavy atom. The van der Waals surface area contributed by atoms with E-state index < -0.39 is 18.1 Å². The summed E-state index contributed by atoms with van der Waals surface area (Å²) in [6.45, 7) is 4.33. The molecule has 0 saturated heterocycles. The summed E-state index contributed by atoms with van der Waals surface area (Å²) < 4.78 is 5.53. The average molecular weight is 323 g/mol. The Kier molecular flexibility index (Phi) is 8.29. The smallest absolute Gasteiger partial charge is 0.323 e. The van der Waals surface area contributed by atoms with E-state index in [0.717, 1.165) is 18.6 Å². The molecule has 0 saturated carbocycles. The van der Waals surface area contributed by atoms with Gasteiger partial charge in [-0.05, 0) is 37.6 Å². The van der Waals surface area contributed by atoms with Crippen molar-refractivity contribution >= 4 is 11.8 Å². The van der Waals surface area contributed by atoms with Crippen molar-refractivity contribution in [3.05, 3.63) is 29.8 Å². The second-order valence-corrected chi connectivity index (χ2v) is 5.41. The molecule has 0 amide bonds. The van der Waals surface area contributed by atoms with Gasteiger partial charge in [-0.3, -0.25) is 9.59 Å². The van der Waals surface area contributed by atoms with Crippen LogP contribution in [0.2, 0.25) is 0 Å². The number of hydrogen-bond acceptors (Lipinski definition) is 5. The molecule has 0 heterocycles. The number of carboxylic acids is 1. The number of unbranched alkanes of at least 4 members (excludes halogenated alkanes) is 1. The SMILES string of the molecule is CCCCOc1ccc(C(=O)CCN[C@H](C(=O)O)[C@H](C)O)cc1. The molecule has 3 N–H and O–H groups in total. The number of carbonyl (C=O) groups is 2. The van der Waals surface area contributed by atoms with Gasteiger partial charge in [-0.2, -0.15) is 0 Å². The van der Waals surface area contributed by atoms with Crippen molar-refractivity contribution in [1.82, 2.24) is 5.32 Å². The van der Waals surface area contributed by atoms with Gasteiger partial charge in [0.25, 0.3) is 0 Å². The number of Topliss-reactive ketones (excluding diaryl/α,β-unsaturated/α-hetero) is 1. The van der Waals surface area contributed by atoms with Gasteiger partial charge in [0.2, 0.25) is 0 Å². The first-order chi connectivity index (χ1) is 11.0. The zero-order valence-electron chi connectivity index (χ0n) is 13.6. The molecule has 2 atom stereocenters. The van der Waals surface area contributed by atoms with E-state index in [-0.39, 0.29) is 18.7 Å². The summed E-state index contributed by atoms with van der Waals surface area (Å²) >= 11 is 0. The number of carboxylic acid groups (broad SMARTS) is 1. The highest BCUT2D eigenvalue weighted by Crippen LogP contribution is 2.14. The van der Waals surface area contributed by atoms with Crippen LogP contribution in [0.1, 0.15) is 43.5 Å². The number of hydrogen-bond donors (Lipinski definition) is 3. The lowest BCUT2D eigenvalue weighted by molar-refractivity contribution is -0.142. The third-order valence-corrected chi connectivity index (χ3v) is 3.41. The van der Waals surface area contributed by atoms with Gasteiger partial charge in [0, 0.05) is 18.5 Å². The summed E-state index contributed by atoms with van der Waals surface area (Å²) in [5.74, 6) is -0.499. The van der Waals surface area contributed by atoms with E-state index >= 15 is 0 Å². The summed E-state index contributed by atoms with van der Waals surface area (Å²) in [5.41, 5.74) is 0.554. The minimum Gasteiger partial charge on any atom is -0.494 e. The fourth-order valence-corrected chi connectivity index (χ4v) is 2.02. The number of carbonyl (C=O) groups excluding carboxylic acids is 1. The molecule has 1 aromatic carbocycles. The quantitative estimate of drug-likeness (QED) is 0.425. The Balaban J connectivity index is 2.44. The first-order valence-corrected chi connectivity index (χ1v) is 7.86. The molecule has 0 aliphatic carbocycles. The van der Waals surface area contributed by atoms with Gasteiger partial charge in [0.1, 0.15) is 11.8 Å². The van der Waals surface area contributed by atoms with Crippen LogP contribution in [0, 0.1) is 0 Å². The minimum absolute atomic E-state index is 0.0904. The van der Waals surface area contributed by atoms with Crippen LogP contribution in [0.5, 0.6) is 5.75 Å². The zero-order valence-corrected chi connectivity index (χ0v) is 13.6. The van der Waals surface area contributed by atoms with Crippen molar-refractivity contribution in [2.24, 2.45) is 0 Å². The van der Waals surface area contributed by atoms with Crippen molar-refractivity contribution in [2.45, 2.75) is 45.3 Å². The Labute approximate surface area is 136 Å². The van der Waals surface area contributed by atoms with E-state index in [4.69, 9.17) is 9.84 Å². The summed E-state index contributed by atoms with van der Waals surface area (Å²) in [7, 11) is 0. The molecule has 0 spiro atoms. The number of benzene rings is 1. The van der Waals surface area contributed by atoms with Crippen molar-refractivity contribution < 1.29 is 24.5 Å². The lowest BCUT2D eigenvalue weighted by atomic mass is 10.1. The summed E-state index contributed by atoms with van der Waals surface area (Å²) in [5, 5.41) is 20.9. The number of aliphatic hydroxyl groups is 1. The van der Waals surface area contributed by atoms with Gasteiger partial charge in [-0.25, -0.2) is 0 Å². The van der Waals surface area contributed by atoms with Gasteiger partial charge in [0.05, 0.1) is 12.7 Å². The molecule has 1 rings (SSSR count). The second kappa shape index (κ2) is 9.97. The number of ether oxygens (including phenoxy) is 1. The number of nitrogens with one attached hydrogen (secondary N) is 1. The first kappa shape index (κ1) is 19.1. The maximum Gasteiger partial charge on any atom is 0.323 e. The molecule has 6 nitrogen and oxygen atoms in total. The fraction of sp³-hybridized carbons (Fsp3) is 0.529. The van der Waals surface area contributed by atoms with Gasteiger partial charge in [0.15, 0.2) is 5.78 Å². The van der Waals surface area contributed by atoms with Gasteiger partial charge >= 0.3 is 5.97 Å². The van der Waals surface area contributed by atoms with Gasteiger partial charge in [-0.1, -0.05) is 13.3 Å². The average Bonchev–Trinajstić information content (AvgIpc) is 2.51. The molecule has 128 valence electrons. The largest absolute Gasteiger partial charge is 0.494 e. The predicted molar refractivity (Wildman–Crippen MR) is 86.9 cm³/mol. The molecule has 23 heavy (non-hydrogen) atoms. The predicted octanol–water partition coefficient (Wildman–Crippen LogP) is 1.86. The summed E-state index contributed by atoms with van der Waals surface area (Å²) in [6.07, 6.45) is 1.18. The molecule has 0 aliphatic rings. The maximum atomic E-state index is 12.0. The molecule has 0 bridgehead atoms. The molecule has 0 unspecified atom stereocenters. The molecular formula is C17H25NO5. The third kappa shape index (κ3) is 6.80. The lowest BCUT2D eigenvalue weighted by Crippen LogP contribution is -2.45. The van der Waals surface area contributed by atoms with E-state index in [1.165, 1.54) is 6.92 Å². The Bertz CT molecular complexity index is 498. The third-order valence-electron chi connectivity index (χ3n) is 3.41. The lowest BCUT2D eigenvalue weighted by Gasteiger charge is -2.16. The number of aliphatic hydroxyl groups excluding tert-OH is 1. The molecule has 1 aromatic rings.